The average Bonchev–Trinajstić information content (AvgIpc) is 2.38. The van der Waals surface area contributed by atoms with Crippen molar-refractivity contribution in [3.8, 4) is 12.1 Å². The van der Waals surface area contributed by atoms with Crippen molar-refractivity contribution in [1.29, 1.82) is 10.5 Å². The van der Waals surface area contributed by atoms with Crippen LogP contribution in [-0.2, 0) is 0 Å². The SMILES string of the molecule is N#CC(C#N)=NNc1c(Br)c(Cl)c(Br)c(Cl)c1Br. The topological polar surface area (TPSA) is 72.0 Å². The Morgan fingerprint density at radius 2 is 1.44 bits per heavy atom. The number of nitriles is 2. The second kappa shape index (κ2) is 6.74. The molecule has 9 heteroatoms. The van der Waals surface area contributed by atoms with Crippen molar-refractivity contribution >= 4 is 82.4 Å². The van der Waals surface area contributed by atoms with Gasteiger partial charge in [-0.2, -0.15) is 15.6 Å². The summed E-state index contributed by atoms with van der Waals surface area (Å²) in [6, 6.07) is 3.24. The van der Waals surface area contributed by atoms with Crippen LogP contribution in [0.4, 0.5) is 5.69 Å². The van der Waals surface area contributed by atoms with Gasteiger partial charge >= 0.3 is 0 Å². The van der Waals surface area contributed by atoms with Crippen molar-refractivity contribution in [1.82, 2.24) is 0 Å². The van der Waals surface area contributed by atoms with Crippen LogP contribution in [0.25, 0.3) is 0 Å². The highest BCUT2D eigenvalue weighted by atomic mass is 79.9. The first-order valence-corrected chi connectivity index (χ1v) is 7.22. The summed E-state index contributed by atoms with van der Waals surface area (Å²) in [5.41, 5.74) is 2.65. The van der Waals surface area contributed by atoms with E-state index in [0.29, 0.717) is 29.2 Å². The maximum absolute atomic E-state index is 8.57. The molecular formula is C9HBr3Cl2N4. The van der Waals surface area contributed by atoms with Crippen molar-refractivity contribution in [2.24, 2.45) is 5.10 Å². The summed E-state index contributed by atoms with van der Waals surface area (Å²) < 4.78 is 1.50. The van der Waals surface area contributed by atoms with Gasteiger partial charge in [-0.3, -0.25) is 5.43 Å². The predicted molar refractivity (Wildman–Crippen MR) is 81.8 cm³/mol. The van der Waals surface area contributed by atoms with Gasteiger partial charge in [0, 0.05) is 0 Å². The van der Waals surface area contributed by atoms with Gasteiger partial charge in [0.25, 0.3) is 0 Å². The van der Waals surface area contributed by atoms with E-state index in [1.54, 1.807) is 12.1 Å². The van der Waals surface area contributed by atoms with E-state index in [1.165, 1.54) is 0 Å². The molecule has 0 saturated heterocycles. The summed E-state index contributed by atoms with van der Waals surface area (Å²) in [6.45, 7) is 0. The molecule has 0 radical (unpaired) electrons. The predicted octanol–water partition coefficient (Wildman–Crippen LogP) is 5.10. The zero-order valence-electron chi connectivity index (χ0n) is 8.23. The van der Waals surface area contributed by atoms with Crippen LogP contribution in [-0.4, -0.2) is 5.71 Å². The minimum absolute atomic E-state index is 0.316. The number of nitrogens with one attached hydrogen (secondary N) is 1. The van der Waals surface area contributed by atoms with Crippen LogP contribution in [0.3, 0.4) is 0 Å². The molecule has 0 aliphatic rings. The normalized spacial score (nSPS) is 9.28. The van der Waals surface area contributed by atoms with Gasteiger partial charge in [-0.15, -0.1) is 0 Å². The third kappa shape index (κ3) is 3.17. The summed E-state index contributed by atoms with van der Waals surface area (Å²) in [5.74, 6) is 0. The fraction of sp³-hybridized carbons (Fsp3) is 0. The number of nitrogens with zero attached hydrogens (tertiary/aromatic N) is 3. The largest absolute Gasteiger partial charge is 0.274 e. The quantitative estimate of drug-likeness (QED) is 0.280. The molecule has 0 saturated carbocycles. The van der Waals surface area contributed by atoms with Crippen LogP contribution in [0.1, 0.15) is 0 Å². The summed E-state index contributed by atoms with van der Waals surface area (Å²) in [5, 5.41) is 21.4. The van der Waals surface area contributed by atoms with E-state index < -0.39 is 0 Å². The highest BCUT2D eigenvalue weighted by Gasteiger charge is 2.18. The Bertz CT molecular complexity index is 571. The molecule has 4 nitrogen and oxygen atoms in total. The summed E-state index contributed by atoms with van der Waals surface area (Å²) in [7, 11) is 0. The van der Waals surface area contributed by atoms with Crippen LogP contribution in [0.15, 0.2) is 18.5 Å². The highest BCUT2D eigenvalue weighted by molar-refractivity contribution is 9.12. The molecule has 0 aromatic heterocycles. The standard InChI is InChI=1S/C9HBr3Cl2N4/c10-4-7(13)5(11)9(6(12)8(4)14)18-17-3(1-15)2-16/h18H. The zero-order valence-corrected chi connectivity index (χ0v) is 14.5. The molecule has 0 amide bonds. The van der Waals surface area contributed by atoms with Crippen molar-refractivity contribution in [2.45, 2.75) is 0 Å². The Balaban J connectivity index is 3.33. The van der Waals surface area contributed by atoms with Gasteiger partial charge in [0.15, 0.2) is 0 Å². The number of hydrazone groups is 1. The van der Waals surface area contributed by atoms with E-state index in [9.17, 15) is 0 Å². The van der Waals surface area contributed by atoms with Gasteiger partial charge in [-0.25, -0.2) is 0 Å². The molecule has 1 aromatic rings. The van der Waals surface area contributed by atoms with Crippen LogP contribution < -0.4 is 5.43 Å². The fourth-order valence-corrected chi connectivity index (χ4v) is 3.48. The van der Waals surface area contributed by atoms with Gasteiger partial charge in [-0.05, 0) is 47.8 Å². The fourth-order valence-electron chi connectivity index (χ4n) is 0.890. The molecule has 0 spiro atoms. The first-order chi connectivity index (χ1) is 8.43. The minimum Gasteiger partial charge on any atom is -0.274 e. The molecule has 92 valence electrons. The number of rotatable bonds is 2. The molecule has 0 heterocycles. The summed E-state index contributed by atoms with van der Waals surface area (Å²) in [6.07, 6.45) is 0. The van der Waals surface area contributed by atoms with Gasteiger partial charge in [0.2, 0.25) is 5.71 Å². The molecule has 0 atom stereocenters. The van der Waals surface area contributed by atoms with E-state index in [1.807, 2.05) is 0 Å². The third-order valence-corrected chi connectivity index (χ3v) is 5.75. The van der Waals surface area contributed by atoms with E-state index in [2.05, 4.69) is 58.3 Å². The van der Waals surface area contributed by atoms with Gasteiger partial charge in [-0.1, -0.05) is 23.2 Å². The molecule has 0 unspecified atom stereocenters. The number of hydrogen-bond donors (Lipinski definition) is 1. The number of benzene rings is 1. The van der Waals surface area contributed by atoms with Crippen molar-refractivity contribution in [3.05, 3.63) is 23.5 Å². The summed E-state index contributed by atoms with van der Waals surface area (Å²) in [4.78, 5) is 0. The first kappa shape index (κ1) is 15.7. The smallest absolute Gasteiger partial charge is 0.237 e. The van der Waals surface area contributed by atoms with E-state index in [4.69, 9.17) is 33.7 Å². The number of anilines is 1. The number of halogens is 5. The second-order valence-electron chi connectivity index (χ2n) is 2.74. The lowest BCUT2D eigenvalue weighted by Crippen LogP contribution is -1.99. The monoisotopic (exact) mass is 472 g/mol. The van der Waals surface area contributed by atoms with Crippen molar-refractivity contribution < 1.29 is 0 Å². The Morgan fingerprint density at radius 1 is 1.00 bits per heavy atom. The van der Waals surface area contributed by atoms with Crippen LogP contribution in [0.5, 0.6) is 0 Å². The van der Waals surface area contributed by atoms with Crippen LogP contribution in [0.2, 0.25) is 10.0 Å². The van der Waals surface area contributed by atoms with Crippen molar-refractivity contribution in [2.75, 3.05) is 5.43 Å². The highest BCUT2D eigenvalue weighted by Crippen LogP contribution is 2.47. The molecule has 1 N–H and O–H groups in total. The molecule has 0 fully saturated rings. The van der Waals surface area contributed by atoms with Gasteiger partial charge < -0.3 is 0 Å². The molecular weight excluding hydrogens is 475 g/mol. The Hall–Kier alpha value is -0.310. The Morgan fingerprint density at radius 3 is 1.83 bits per heavy atom. The average molecular weight is 476 g/mol. The minimum atomic E-state index is -0.316. The molecule has 0 bridgehead atoms. The Kier molecular flexibility index (Phi) is 5.90. The lowest BCUT2D eigenvalue weighted by Gasteiger charge is -2.12. The molecule has 0 aliphatic heterocycles. The van der Waals surface area contributed by atoms with Gasteiger partial charge in [0.05, 0.1) is 29.2 Å². The van der Waals surface area contributed by atoms with E-state index >= 15 is 0 Å². The van der Waals surface area contributed by atoms with Crippen LogP contribution >= 0.6 is 71.0 Å². The van der Waals surface area contributed by atoms with E-state index in [0.717, 1.165) is 0 Å². The Labute approximate surface area is 138 Å². The molecule has 0 aliphatic carbocycles. The lowest BCUT2D eigenvalue weighted by atomic mass is 10.3. The van der Waals surface area contributed by atoms with Crippen molar-refractivity contribution in [3.63, 3.8) is 0 Å². The van der Waals surface area contributed by atoms with E-state index in [-0.39, 0.29) is 5.71 Å². The maximum atomic E-state index is 8.57. The zero-order chi connectivity index (χ0) is 13.9. The molecule has 1 rings (SSSR count). The summed E-state index contributed by atoms with van der Waals surface area (Å²) >= 11 is 21.8. The lowest BCUT2D eigenvalue weighted by molar-refractivity contribution is 1.31. The first-order valence-electron chi connectivity index (χ1n) is 4.09. The second-order valence-corrected chi connectivity index (χ2v) is 5.88. The maximum Gasteiger partial charge on any atom is 0.237 e. The van der Waals surface area contributed by atoms with Crippen LogP contribution in [0, 0.1) is 22.7 Å². The number of hydrogen-bond acceptors (Lipinski definition) is 4. The van der Waals surface area contributed by atoms with Gasteiger partial charge in [0.1, 0.15) is 12.1 Å². The molecule has 1 aromatic carbocycles. The third-order valence-electron chi connectivity index (χ3n) is 1.70. The molecule has 18 heavy (non-hydrogen) atoms.